The van der Waals surface area contributed by atoms with Gasteiger partial charge < -0.3 is 24.2 Å². The van der Waals surface area contributed by atoms with Gasteiger partial charge in [-0.25, -0.2) is 4.79 Å². The van der Waals surface area contributed by atoms with Gasteiger partial charge in [0.05, 0.1) is 30.9 Å². The molecule has 1 aromatic carbocycles. The van der Waals surface area contributed by atoms with Gasteiger partial charge in [-0.1, -0.05) is 12.1 Å². The summed E-state index contributed by atoms with van der Waals surface area (Å²) >= 11 is 0. The van der Waals surface area contributed by atoms with E-state index >= 15 is 0 Å². The van der Waals surface area contributed by atoms with E-state index in [1.807, 2.05) is 0 Å². The molecular formula is C21H29N2O9P. The van der Waals surface area contributed by atoms with Crippen molar-refractivity contribution in [3.8, 4) is 0 Å². The van der Waals surface area contributed by atoms with E-state index in [1.165, 1.54) is 26.0 Å². The Morgan fingerprint density at radius 1 is 1.06 bits per heavy atom. The van der Waals surface area contributed by atoms with Gasteiger partial charge in [-0.2, -0.15) is 0 Å². The number of aliphatic hydroxyl groups is 1. The summed E-state index contributed by atoms with van der Waals surface area (Å²) in [6.07, 6.45) is 0. The maximum Gasteiger partial charge on any atom is 0.364 e. The smallest absolute Gasteiger partial charge is 0.364 e. The number of carbonyl (C=O) groups is 4. The second kappa shape index (κ2) is 10.6. The fraction of sp³-hybridized carbons (Fsp3) is 0.524. The number of hydrogen-bond donors (Lipinski definition) is 2. The van der Waals surface area contributed by atoms with Crippen LogP contribution in [0.4, 0.5) is 0 Å². The Bertz CT molecular complexity index is 928. The summed E-state index contributed by atoms with van der Waals surface area (Å²) in [5.74, 6) is -5.66. The molecule has 2 rings (SSSR count). The lowest BCUT2D eigenvalue weighted by Gasteiger charge is -2.30. The molecule has 0 saturated heterocycles. The molecule has 1 heterocycles. The van der Waals surface area contributed by atoms with Crippen LogP contribution in [0.25, 0.3) is 0 Å². The van der Waals surface area contributed by atoms with Crippen molar-refractivity contribution < 1.29 is 42.6 Å². The number of aliphatic hydroxyl groups excluding tert-OH is 1. The molecule has 0 aromatic heterocycles. The third kappa shape index (κ3) is 5.86. The molecule has 33 heavy (non-hydrogen) atoms. The predicted molar refractivity (Wildman–Crippen MR) is 116 cm³/mol. The zero-order valence-electron chi connectivity index (χ0n) is 19.2. The number of ether oxygens (including phenoxy) is 1. The van der Waals surface area contributed by atoms with Gasteiger partial charge in [-0.15, -0.1) is 0 Å². The first-order valence-corrected chi connectivity index (χ1v) is 12.0. The van der Waals surface area contributed by atoms with Gasteiger partial charge in [0, 0.05) is 0 Å². The molecule has 0 bridgehead atoms. The number of carbonyl (C=O) groups excluding carboxylic acids is 4. The number of nitrogens with zero attached hydrogens (tertiary/aromatic N) is 1. The summed E-state index contributed by atoms with van der Waals surface area (Å²) < 4.78 is 29.0. The largest absolute Gasteiger partial charge is 0.458 e. The van der Waals surface area contributed by atoms with E-state index in [2.05, 4.69) is 5.32 Å². The number of esters is 1. The van der Waals surface area contributed by atoms with Crippen LogP contribution in [0.2, 0.25) is 0 Å². The zero-order valence-corrected chi connectivity index (χ0v) is 20.1. The molecule has 2 atom stereocenters. The highest BCUT2D eigenvalue weighted by Crippen LogP contribution is 2.52. The van der Waals surface area contributed by atoms with E-state index in [1.54, 1.807) is 32.9 Å². The van der Waals surface area contributed by atoms with Crippen LogP contribution in [0.1, 0.15) is 55.3 Å². The average Bonchev–Trinajstić information content (AvgIpc) is 2.97. The topological polar surface area (TPSA) is 149 Å². The van der Waals surface area contributed by atoms with E-state index in [0.717, 1.165) is 0 Å². The van der Waals surface area contributed by atoms with E-state index in [4.69, 9.17) is 13.8 Å². The monoisotopic (exact) mass is 484 g/mol. The van der Waals surface area contributed by atoms with Crippen molar-refractivity contribution in [3.05, 3.63) is 35.4 Å². The van der Waals surface area contributed by atoms with Crippen molar-refractivity contribution in [2.24, 2.45) is 0 Å². The standard InChI is InChI=1S/C21H29N2O9P/c1-6-30-33(29,31-7-2)17(20(28)32-21(3,4)5)22-16(25)15(12-24)23-18(26)13-10-8-9-11-14(13)19(23)27/h8-11,15,17,24H,6-7,12H2,1-5H3,(H,22,25)/t15-,17?/m0/s1. The van der Waals surface area contributed by atoms with E-state index in [9.17, 15) is 28.8 Å². The second-order valence-corrected chi connectivity index (χ2v) is 10.2. The summed E-state index contributed by atoms with van der Waals surface area (Å²) in [5, 5.41) is 12.1. The van der Waals surface area contributed by atoms with Crippen molar-refractivity contribution in [3.63, 3.8) is 0 Å². The van der Waals surface area contributed by atoms with Crippen LogP contribution in [0, 0.1) is 0 Å². The van der Waals surface area contributed by atoms with Gasteiger partial charge in [-0.3, -0.25) is 23.8 Å². The fourth-order valence-corrected chi connectivity index (χ4v) is 4.86. The van der Waals surface area contributed by atoms with Gasteiger partial charge in [0.25, 0.3) is 11.8 Å². The first-order chi connectivity index (χ1) is 15.4. The molecule has 12 heteroatoms. The zero-order chi connectivity index (χ0) is 25.0. The first-order valence-electron chi connectivity index (χ1n) is 10.4. The maximum atomic E-state index is 13.3. The van der Waals surface area contributed by atoms with Crippen LogP contribution in [-0.4, -0.2) is 70.9 Å². The van der Waals surface area contributed by atoms with Crippen LogP contribution in [0.5, 0.6) is 0 Å². The lowest BCUT2D eigenvalue weighted by molar-refractivity contribution is -0.156. The Labute approximate surface area is 191 Å². The Hall–Kier alpha value is -2.59. The quantitative estimate of drug-likeness (QED) is 0.287. The van der Waals surface area contributed by atoms with Crippen LogP contribution in [0.3, 0.4) is 0 Å². The van der Waals surface area contributed by atoms with Gasteiger partial charge in [0.2, 0.25) is 11.7 Å². The minimum atomic E-state index is -4.27. The summed E-state index contributed by atoms with van der Waals surface area (Å²) in [5.41, 5.74) is -0.846. The van der Waals surface area contributed by atoms with E-state index < -0.39 is 55.3 Å². The number of benzene rings is 1. The van der Waals surface area contributed by atoms with Crippen molar-refractivity contribution in [1.29, 1.82) is 0 Å². The molecule has 1 unspecified atom stereocenters. The Morgan fingerprint density at radius 3 is 1.94 bits per heavy atom. The maximum absolute atomic E-state index is 13.3. The average molecular weight is 484 g/mol. The van der Waals surface area contributed by atoms with Crippen LogP contribution in [-0.2, 0) is 27.9 Å². The molecule has 0 fully saturated rings. The minimum Gasteiger partial charge on any atom is -0.458 e. The van der Waals surface area contributed by atoms with Gasteiger partial charge >= 0.3 is 13.6 Å². The van der Waals surface area contributed by atoms with Crippen molar-refractivity contribution in [2.45, 2.75) is 52.0 Å². The molecule has 0 radical (unpaired) electrons. The summed E-state index contributed by atoms with van der Waals surface area (Å²) in [4.78, 5) is 52.0. The number of hydrogen-bond acceptors (Lipinski definition) is 9. The Balaban J connectivity index is 2.39. The number of imide groups is 1. The van der Waals surface area contributed by atoms with Crippen molar-refractivity contribution >= 4 is 31.3 Å². The van der Waals surface area contributed by atoms with Gasteiger partial charge in [0.1, 0.15) is 11.6 Å². The minimum absolute atomic E-state index is 0.0757. The highest BCUT2D eigenvalue weighted by Gasteiger charge is 2.48. The highest BCUT2D eigenvalue weighted by atomic mass is 31.2. The molecule has 0 spiro atoms. The molecule has 1 aromatic rings. The van der Waals surface area contributed by atoms with E-state index in [0.29, 0.717) is 4.90 Å². The van der Waals surface area contributed by atoms with Crippen molar-refractivity contribution in [1.82, 2.24) is 10.2 Å². The van der Waals surface area contributed by atoms with Crippen LogP contribution >= 0.6 is 7.60 Å². The number of amides is 3. The molecule has 2 N–H and O–H groups in total. The fourth-order valence-electron chi connectivity index (χ4n) is 3.17. The summed E-state index contributed by atoms with van der Waals surface area (Å²) in [6, 6.07) is 4.26. The summed E-state index contributed by atoms with van der Waals surface area (Å²) in [6.45, 7) is 6.63. The molecule has 3 amide bonds. The third-order valence-corrected chi connectivity index (χ3v) is 6.66. The summed E-state index contributed by atoms with van der Waals surface area (Å²) in [7, 11) is -4.27. The Morgan fingerprint density at radius 2 is 1.55 bits per heavy atom. The van der Waals surface area contributed by atoms with E-state index in [-0.39, 0.29) is 24.3 Å². The first kappa shape index (κ1) is 26.7. The number of rotatable bonds is 10. The molecular weight excluding hydrogens is 455 g/mol. The van der Waals surface area contributed by atoms with Crippen molar-refractivity contribution in [2.75, 3.05) is 19.8 Å². The highest BCUT2D eigenvalue weighted by molar-refractivity contribution is 7.55. The van der Waals surface area contributed by atoms with Gasteiger partial charge in [-0.05, 0) is 46.8 Å². The van der Waals surface area contributed by atoms with Crippen LogP contribution < -0.4 is 5.32 Å². The third-order valence-electron chi connectivity index (χ3n) is 4.46. The number of fused-ring (bicyclic) bond motifs is 1. The molecule has 182 valence electrons. The van der Waals surface area contributed by atoms with Crippen LogP contribution in [0.15, 0.2) is 24.3 Å². The lowest BCUT2D eigenvalue weighted by atomic mass is 10.1. The van der Waals surface area contributed by atoms with Gasteiger partial charge in [0.15, 0.2) is 0 Å². The lowest BCUT2D eigenvalue weighted by Crippen LogP contribution is -2.55. The Kier molecular flexibility index (Phi) is 8.53. The molecule has 11 nitrogen and oxygen atoms in total. The SMILES string of the molecule is CCOP(=O)(OCC)C(NC(=O)[C@H](CO)N1C(=O)c2ccccc2C1=O)C(=O)OC(C)(C)C. The predicted octanol–water partition coefficient (Wildman–Crippen LogP) is 1.69. The normalized spacial score (nSPS) is 15.8. The molecule has 1 aliphatic heterocycles. The molecule has 0 aliphatic carbocycles. The molecule has 1 aliphatic rings. The second-order valence-electron chi connectivity index (χ2n) is 8.04. The molecule has 0 saturated carbocycles. The number of nitrogens with one attached hydrogen (secondary N) is 1.